The molecule has 5 heteroatoms. The second-order valence-corrected chi connectivity index (χ2v) is 4.37. The van der Waals surface area contributed by atoms with E-state index < -0.39 is 0 Å². The van der Waals surface area contributed by atoms with Crippen LogP contribution in [0.25, 0.3) is 0 Å². The molecule has 0 radical (unpaired) electrons. The number of hydrogen-bond donors (Lipinski definition) is 1. The van der Waals surface area contributed by atoms with E-state index in [1.165, 1.54) is 0 Å². The molecule has 1 heterocycles. The standard InChI is InChI=1S/C13H24N2O3/c1-4-6-15(7-8-17-3)13(16)11-9-18-10-12(11)14-5-2/h4,11-12,14H,1,5-10H2,2-3H3. The fourth-order valence-electron chi connectivity index (χ4n) is 2.14. The van der Waals surface area contributed by atoms with Crippen molar-refractivity contribution >= 4 is 5.91 Å². The first kappa shape index (κ1) is 15.1. The highest BCUT2D eigenvalue weighted by atomic mass is 16.5. The number of methoxy groups -OCH3 is 1. The van der Waals surface area contributed by atoms with E-state index in [0.717, 1.165) is 6.54 Å². The molecule has 0 aliphatic carbocycles. The maximum atomic E-state index is 12.4. The molecule has 5 nitrogen and oxygen atoms in total. The van der Waals surface area contributed by atoms with E-state index in [-0.39, 0.29) is 17.9 Å². The summed E-state index contributed by atoms with van der Waals surface area (Å²) in [7, 11) is 1.64. The summed E-state index contributed by atoms with van der Waals surface area (Å²) in [5.74, 6) is 0.0251. The average molecular weight is 256 g/mol. The molecule has 18 heavy (non-hydrogen) atoms. The van der Waals surface area contributed by atoms with Crippen molar-refractivity contribution in [2.75, 3.05) is 46.6 Å². The summed E-state index contributed by atoms with van der Waals surface area (Å²) >= 11 is 0. The molecule has 0 bridgehead atoms. The van der Waals surface area contributed by atoms with Crippen molar-refractivity contribution in [3.8, 4) is 0 Å². The summed E-state index contributed by atoms with van der Waals surface area (Å²) in [6, 6.07) is 0.123. The Morgan fingerprint density at radius 2 is 2.39 bits per heavy atom. The van der Waals surface area contributed by atoms with Crippen molar-refractivity contribution < 1.29 is 14.3 Å². The monoisotopic (exact) mass is 256 g/mol. The van der Waals surface area contributed by atoms with Crippen LogP contribution in [0, 0.1) is 5.92 Å². The molecule has 0 saturated carbocycles. The Kier molecular flexibility index (Phi) is 6.93. The van der Waals surface area contributed by atoms with Gasteiger partial charge in [-0.1, -0.05) is 13.0 Å². The first-order valence-corrected chi connectivity index (χ1v) is 6.44. The van der Waals surface area contributed by atoms with Crippen LogP contribution in [0.1, 0.15) is 6.92 Å². The first-order valence-electron chi connectivity index (χ1n) is 6.44. The lowest BCUT2D eigenvalue weighted by Gasteiger charge is -2.26. The lowest BCUT2D eigenvalue weighted by molar-refractivity contribution is -0.136. The van der Waals surface area contributed by atoms with Crippen LogP contribution in [0.3, 0.4) is 0 Å². The van der Waals surface area contributed by atoms with Crippen molar-refractivity contribution in [1.29, 1.82) is 0 Å². The second kappa shape index (κ2) is 8.24. The molecule has 0 aromatic rings. The zero-order valence-electron chi connectivity index (χ0n) is 11.4. The van der Waals surface area contributed by atoms with E-state index >= 15 is 0 Å². The van der Waals surface area contributed by atoms with Crippen molar-refractivity contribution in [2.45, 2.75) is 13.0 Å². The highest BCUT2D eigenvalue weighted by Gasteiger charge is 2.35. The Hall–Kier alpha value is -0.910. The zero-order chi connectivity index (χ0) is 13.4. The fraction of sp³-hybridized carbons (Fsp3) is 0.769. The summed E-state index contributed by atoms with van der Waals surface area (Å²) in [6.07, 6.45) is 1.74. The van der Waals surface area contributed by atoms with Gasteiger partial charge in [-0.25, -0.2) is 0 Å². The molecular formula is C13H24N2O3. The van der Waals surface area contributed by atoms with Crippen LogP contribution in [0.5, 0.6) is 0 Å². The topological polar surface area (TPSA) is 50.8 Å². The third-order valence-electron chi connectivity index (χ3n) is 3.09. The number of nitrogens with zero attached hydrogens (tertiary/aromatic N) is 1. The molecule has 1 saturated heterocycles. The van der Waals surface area contributed by atoms with Gasteiger partial charge in [0, 0.05) is 26.2 Å². The van der Waals surface area contributed by atoms with E-state index in [9.17, 15) is 4.79 Å². The largest absolute Gasteiger partial charge is 0.383 e. The van der Waals surface area contributed by atoms with Crippen molar-refractivity contribution in [3.63, 3.8) is 0 Å². The van der Waals surface area contributed by atoms with Crippen LogP contribution in [0.15, 0.2) is 12.7 Å². The smallest absolute Gasteiger partial charge is 0.230 e. The van der Waals surface area contributed by atoms with Gasteiger partial charge in [0.15, 0.2) is 0 Å². The average Bonchev–Trinajstić information content (AvgIpc) is 2.82. The molecule has 0 aromatic carbocycles. The molecular weight excluding hydrogens is 232 g/mol. The van der Waals surface area contributed by atoms with Crippen molar-refractivity contribution in [1.82, 2.24) is 10.2 Å². The normalized spacial score (nSPS) is 23.0. The minimum atomic E-state index is -0.0956. The van der Waals surface area contributed by atoms with Gasteiger partial charge in [0.25, 0.3) is 0 Å². The highest BCUT2D eigenvalue weighted by Crippen LogP contribution is 2.16. The van der Waals surface area contributed by atoms with Gasteiger partial charge in [-0.05, 0) is 6.54 Å². The Morgan fingerprint density at radius 1 is 1.61 bits per heavy atom. The highest BCUT2D eigenvalue weighted by molar-refractivity contribution is 5.80. The van der Waals surface area contributed by atoms with E-state index in [2.05, 4.69) is 11.9 Å². The van der Waals surface area contributed by atoms with Crippen molar-refractivity contribution in [3.05, 3.63) is 12.7 Å². The van der Waals surface area contributed by atoms with Gasteiger partial charge in [0.1, 0.15) is 0 Å². The summed E-state index contributed by atoms with van der Waals surface area (Å²) in [6.45, 7) is 9.36. The molecule has 2 unspecified atom stereocenters. The number of carbonyl (C=O) groups is 1. The summed E-state index contributed by atoms with van der Waals surface area (Å²) in [4.78, 5) is 14.2. The number of likely N-dealkylation sites (N-methyl/N-ethyl adjacent to an activating group) is 1. The van der Waals surface area contributed by atoms with Crippen molar-refractivity contribution in [2.24, 2.45) is 5.92 Å². The second-order valence-electron chi connectivity index (χ2n) is 4.37. The fourth-order valence-corrected chi connectivity index (χ4v) is 2.14. The minimum Gasteiger partial charge on any atom is -0.383 e. The molecule has 1 aliphatic heterocycles. The molecule has 2 atom stereocenters. The van der Waals surface area contributed by atoms with Gasteiger partial charge >= 0.3 is 0 Å². The zero-order valence-corrected chi connectivity index (χ0v) is 11.4. The van der Waals surface area contributed by atoms with Gasteiger partial charge in [-0.3, -0.25) is 4.79 Å². The molecule has 104 valence electrons. The Balaban J connectivity index is 2.59. The molecule has 0 spiro atoms. The first-order chi connectivity index (χ1) is 8.74. The maximum Gasteiger partial charge on any atom is 0.230 e. The lowest BCUT2D eigenvalue weighted by Crippen LogP contribution is -2.46. The predicted octanol–water partition coefficient (Wildman–Crippen LogP) is 0.272. The Morgan fingerprint density at radius 3 is 3.00 bits per heavy atom. The molecule has 1 N–H and O–H groups in total. The molecule has 1 fully saturated rings. The molecule has 1 amide bonds. The number of hydrogen-bond acceptors (Lipinski definition) is 4. The molecule has 0 aromatic heterocycles. The van der Waals surface area contributed by atoms with Gasteiger partial charge in [-0.2, -0.15) is 0 Å². The summed E-state index contributed by atoms with van der Waals surface area (Å²) in [5, 5.41) is 3.30. The van der Waals surface area contributed by atoms with E-state index in [1.54, 1.807) is 18.1 Å². The van der Waals surface area contributed by atoms with Gasteiger partial charge in [0.05, 0.1) is 25.7 Å². The van der Waals surface area contributed by atoms with Crippen LogP contribution >= 0.6 is 0 Å². The van der Waals surface area contributed by atoms with E-state index in [4.69, 9.17) is 9.47 Å². The quantitative estimate of drug-likeness (QED) is 0.633. The molecule has 1 rings (SSSR count). The maximum absolute atomic E-state index is 12.4. The van der Waals surface area contributed by atoms with E-state index in [1.807, 2.05) is 6.92 Å². The predicted molar refractivity (Wildman–Crippen MR) is 70.4 cm³/mol. The SMILES string of the molecule is C=CCN(CCOC)C(=O)C1COCC1NCC. The summed E-state index contributed by atoms with van der Waals surface area (Å²) in [5.41, 5.74) is 0. The van der Waals surface area contributed by atoms with Crippen LogP contribution in [-0.2, 0) is 14.3 Å². The molecule has 1 aliphatic rings. The minimum absolute atomic E-state index is 0.0956. The Bertz CT molecular complexity index is 271. The number of amides is 1. The number of carbonyl (C=O) groups excluding carboxylic acids is 1. The van der Waals surface area contributed by atoms with Crippen LogP contribution < -0.4 is 5.32 Å². The lowest BCUT2D eigenvalue weighted by atomic mass is 10.0. The Labute approximate surface area is 109 Å². The number of nitrogens with one attached hydrogen (secondary N) is 1. The van der Waals surface area contributed by atoms with E-state index in [0.29, 0.717) is 32.9 Å². The van der Waals surface area contributed by atoms with Gasteiger partial charge in [-0.15, -0.1) is 6.58 Å². The number of ether oxygens (including phenoxy) is 2. The van der Waals surface area contributed by atoms with Crippen LogP contribution in [-0.4, -0.2) is 63.4 Å². The summed E-state index contributed by atoms with van der Waals surface area (Å²) < 4.78 is 10.4. The van der Waals surface area contributed by atoms with Crippen LogP contribution in [0.2, 0.25) is 0 Å². The van der Waals surface area contributed by atoms with Crippen LogP contribution in [0.4, 0.5) is 0 Å². The third kappa shape index (κ3) is 4.08. The van der Waals surface area contributed by atoms with Gasteiger partial charge in [0.2, 0.25) is 5.91 Å². The third-order valence-corrected chi connectivity index (χ3v) is 3.09. The number of rotatable bonds is 8. The van der Waals surface area contributed by atoms with Gasteiger partial charge < -0.3 is 19.7 Å².